The highest BCUT2D eigenvalue weighted by Crippen LogP contribution is 2.68. The van der Waals surface area contributed by atoms with E-state index < -0.39 is 14.8 Å². The standard InChI is InChI=1S/C62H64Cl2N4O3S2/c1-66(71-2)61(70)60-55(47-34-36-56(63)57(64)44-47)45-51-35-37-58(60)68(51)40-21-39-67(41-43-73(52-28-15-6-16-29-52,53-30-17-7-18-31-53)54-32-19-8-20-33-54)46-59(69)65-38-42-72-62(48-22-9-3-10-23-48,49-24-11-4-12-25-49)50-26-13-5-14-27-50/h3-20,22-34,36,44,51,58H,21,35,37-43,45-46H2,1-2H3,(H,65,69). The zero-order valence-electron chi connectivity index (χ0n) is 41.6. The fourth-order valence-corrected chi connectivity index (χ4v) is 16.6. The van der Waals surface area contributed by atoms with Crippen molar-refractivity contribution in [3.8, 4) is 0 Å². The summed E-state index contributed by atoms with van der Waals surface area (Å²) in [5, 5.41) is 5.65. The number of rotatable bonds is 22. The number of carbonyl (C=O) groups excluding carboxylic acids is 2. The Morgan fingerprint density at radius 2 is 1.19 bits per heavy atom. The van der Waals surface area contributed by atoms with Gasteiger partial charge in [0.1, 0.15) is 0 Å². The fraction of sp³-hybridized carbons (Fsp3) is 0.258. The van der Waals surface area contributed by atoms with Crippen LogP contribution in [0, 0.1) is 0 Å². The lowest BCUT2D eigenvalue weighted by atomic mass is 9.84. The molecule has 2 aliphatic heterocycles. The normalized spacial score (nSPS) is 16.1. The summed E-state index contributed by atoms with van der Waals surface area (Å²) in [5.41, 5.74) is 6.26. The van der Waals surface area contributed by atoms with E-state index in [4.69, 9.17) is 28.0 Å². The molecule has 0 saturated carbocycles. The number of hydrogen-bond donors (Lipinski definition) is 1. The molecule has 1 fully saturated rings. The summed E-state index contributed by atoms with van der Waals surface area (Å²) in [6, 6.07) is 70.7. The average molecular weight is 1050 g/mol. The highest BCUT2D eigenvalue weighted by Gasteiger charge is 2.45. The summed E-state index contributed by atoms with van der Waals surface area (Å²) in [4.78, 5) is 43.0. The topological polar surface area (TPSA) is 65.1 Å². The quantitative estimate of drug-likeness (QED) is 0.0415. The second-order valence-corrected chi connectivity index (χ2v) is 24.1. The van der Waals surface area contributed by atoms with Crippen LogP contribution in [0.3, 0.4) is 0 Å². The van der Waals surface area contributed by atoms with Crippen LogP contribution in [0.25, 0.3) is 5.57 Å². The molecule has 0 aromatic heterocycles. The van der Waals surface area contributed by atoms with E-state index in [2.05, 4.69) is 197 Å². The Labute approximate surface area is 447 Å². The fourth-order valence-electron chi connectivity index (χ4n) is 11.0. The molecule has 11 heteroatoms. The van der Waals surface area contributed by atoms with Gasteiger partial charge in [0.15, 0.2) is 0 Å². The molecule has 7 aromatic rings. The molecule has 73 heavy (non-hydrogen) atoms. The zero-order valence-corrected chi connectivity index (χ0v) is 44.8. The molecule has 2 bridgehead atoms. The van der Waals surface area contributed by atoms with Gasteiger partial charge in [-0.3, -0.25) is 24.2 Å². The first kappa shape index (κ1) is 52.3. The first-order valence-corrected chi connectivity index (χ1v) is 28.8. The van der Waals surface area contributed by atoms with Gasteiger partial charge in [0.2, 0.25) is 5.91 Å². The number of amides is 2. The van der Waals surface area contributed by atoms with Gasteiger partial charge in [-0.15, -0.1) is 11.8 Å². The molecule has 0 spiro atoms. The van der Waals surface area contributed by atoms with Crippen molar-refractivity contribution in [1.82, 2.24) is 20.2 Å². The minimum atomic E-state index is -1.76. The maximum absolute atomic E-state index is 14.5. The predicted molar refractivity (Wildman–Crippen MR) is 304 cm³/mol. The van der Waals surface area contributed by atoms with Gasteiger partial charge in [-0.05, 0) is 123 Å². The van der Waals surface area contributed by atoms with E-state index in [0.717, 1.165) is 48.3 Å². The number of nitrogens with zero attached hydrogens (tertiary/aromatic N) is 3. The van der Waals surface area contributed by atoms with E-state index in [-0.39, 0.29) is 30.4 Å². The Morgan fingerprint density at radius 1 is 0.685 bits per heavy atom. The van der Waals surface area contributed by atoms with Crippen LogP contribution in [0.15, 0.2) is 220 Å². The molecular formula is C62H64Cl2N4O3S2. The summed E-state index contributed by atoms with van der Waals surface area (Å²) < 4.78 is -0.478. The van der Waals surface area contributed by atoms with E-state index in [1.165, 1.54) is 43.5 Å². The van der Waals surface area contributed by atoms with Gasteiger partial charge in [0.25, 0.3) is 5.91 Å². The van der Waals surface area contributed by atoms with Gasteiger partial charge in [0, 0.05) is 55.8 Å². The number of benzene rings is 7. The van der Waals surface area contributed by atoms with Crippen molar-refractivity contribution in [3.63, 3.8) is 0 Å². The third-order valence-corrected chi connectivity index (χ3v) is 20.8. The predicted octanol–water partition coefficient (Wildman–Crippen LogP) is 13.5. The van der Waals surface area contributed by atoms with Crippen LogP contribution in [-0.4, -0.2) is 97.1 Å². The molecular weight excluding hydrogens is 984 g/mol. The van der Waals surface area contributed by atoms with Gasteiger partial charge in [0.05, 0.1) is 28.4 Å². The van der Waals surface area contributed by atoms with E-state index in [1.54, 1.807) is 7.05 Å². The van der Waals surface area contributed by atoms with E-state index in [1.807, 2.05) is 30.0 Å². The molecule has 2 atom stereocenters. The number of fused-ring (bicyclic) bond motifs is 2. The highest BCUT2D eigenvalue weighted by molar-refractivity contribution is 8.33. The van der Waals surface area contributed by atoms with Gasteiger partial charge in [-0.2, -0.15) is 10.0 Å². The number of halogens is 2. The largest absolute Gasteiger partial charge is 0.354 e. The molecule has 2 unspecified atom stereocenters. The van der Waals surface area contributed by atoms with Crippen molar-refractivity contribution in [3.05, 3.63) is 238 Å². The lowest BCUT2D eigenvalue weighted by Crippen LogP contribution is -2.46. The first-order valence-electron chi connectivity index (χ1n) is 25.2. The Balaban J connectivity index is 0.978. The van der Waals surface area contributed by atoms with Crippen molar-refractivity contribution in [2.24, 2.45) is 0 Å². The van der Waals surface area contributed by atoms with Crippen molar-refractivity contribution in [2.45, 2.75) is 57.2 Å². The molecule has 7 nitrogen and oxygen atoms in total. The molecule has 9 rings (SSSR count). The molecule has 2 amide bonds. The van der Waals surface area contributed by atoms with Crippen molar-refractivity contribution < 1.29 is 14.4 Å². The number of hydroxylamine groups is 2. The second kappa shape index (κ2) is 24.6. The molecule has 376 valence electrons. The third kappa shape index (κ3) is 11.5. The molecule has 0 aliphatic carbocycles. The Hall–Kier alpha value is -5.62. The van der Waals surface area contributed by atoms with Crippen LogP contribution in [0.2, 0.25) is 10.0 Å². The van der Waals surface area contributed by atoms with Gasteiger partial charge in [-0.1, -0.05) is 175 Å². The van der Waals surface area contributed by atoms with Gasteiger partial charge < -0.3 is 5.32 Å². The summed E-state index contributed by atoms with van der Waals surface area (Å²) in [5.74, 6) is 1.38. The van der Waals surface area contributed by atoms with Gasteiger partial charge in [-0.25, -0.2) is 5.06 Å². The molecule has 2 aliphatic rings. The number of hydrogen-bond acceptors (Lipinski definition) is 6. The van der Waals surface area contributed by atoms with E-state index >= 15 is 0 Å². The summed E-state index contributed by atoms with van der Waals surface area (Å²) >= 11 is 14.8. The first-order chi connectivity index (χ1) is 35.7. The van der Waals surface area contributed by atoms with Crippen molar-refractivity contribution >= 4 is 62.4 Å². The Kier molecular flexibility index (Phi) is 17.6. The van der Waals surface area contributed by atoms with E-state index in [9.17, 15) is 9.59 Å². The SMILES string of the molecule is CON(C)C(=O)C1=C(c2ccc(Cl)c(Cl)c2)CC2CCC1N2CCCN(CCS(c1ccccc1)(c1ccccc1)c1ccccc1)CC(=O)NCCSC(c1ccccc1)(c1ccccc1)c1ccccc1. The highest BCUT2D eigenvalue weighted by atomic mass is 35.5. The maximum atomic E-state index is 14.5. The molecule has 1 saturated heterocycles. The average Bonchev–Trinajstić information content (AvgIpc) is 3.72. The van der Waals surface area contributed by atoms with Crippen LogP contribution < -0.4 is 5.32 Å². The maximum Gasteiger partial charge on any atom is 0.274 e. The molecule has 1 N–H and O–H groups in total. The van der Waals surface area contributed by atoms with E-state index in [0.29, 0.717) is 41.9 Å². The van der Waals surface area contributed by atoms with Crippen molar-refractivity contribution in [2.75, 3.05) is 58.4 Å². The van der Waals surface area contributed by atoms with Gasteiger partial charge >= 0.3 is 0 Å². The number of carbonyl (C=O) groups is 2. The van der Waals surface area contributed by atoms with Crippen LogP contribution in [-0.2, 0) is 19.2 Å². The third-order valence-electron chi connectivity index (χ3n) is 14.5. The number of nitrogens with one attached hydrogen (secondary N) is 1. The smallest absolute Gasteiger partial charge is 0.274 e. The number of likely N-dealkylation sites (N-methyl/N-ethyl adjacent to an activating group) is 1. The monoisotopic (exact) mass is 1050 g/mol. The van der Waals surface area contributed by atoms with Crippen molar-refractivity contribution in [1.29, 1.82) is 0 Å². The Bertz CT molecular complexity index is 2740. The molecule has 0 radical (unpaired) electrons. The Morgan fingerprint density at radius 3 is 1.68 bits per heavy atom. The summed E-state index contributed by atoms with van der Waals surface area (Å²) in [6.45, 7) is 2.95. The van der Waals surface area contributed by atoms with Crippen LogP contribution in [0.1, 0.15) is 47.9 Å². The lowest BCUT2D eigenvalue weighted by Gasteiger charge is -2.43. The molecule has 2 heterocycles. The summed E-state index contributed by atoms with van der Waals surface area (Å²) in [7, 11) is 1.43. The zero-order chi connectivity index (χ0) is 50.6. The second-order valence-electron chi connectivity index (χ2n) is 18.7. The van der Waals surface area contributed by atoms with Crippen LogP contribution in [0.4, 0.5) is 0 Å². The van der Waals surface area contributed by atoms with Crippen LogP contribution >= 0.6 is 45.0 Å². The summed E-state index contributed by atoms with van der Waals surface area (Å²) in [6.07, 6.45) is 3.38. The minimum absolute atomic E-state index is 0.00722. The lowest BCUT2D eigenvalue weighted by molar-refractivity contribution is -0.164. The minimum Gasteiger partial charge on any atom is -0.354 e. The molecule has 7 aromatic carbocycles. The number of thioether (sulfide) groups is 1. The van der Waals surface area contributed by atoms with Crippen LogP contribution in [0.5, 0.6) is 0 Å².